The molecule has 1 aliphatic heterocycles. The highest BCUT2D eigenvalue weighted by molar-refractivity contribution is 5.94. The van der Waals surface area contributed by atoms with Gasteiger partial charge in [0.15, 0.2) is 5.43 Å². The molecule has 0 radical (unpaired) electrons. The maximum absolute atomic E-state index is 12.5. The molecule has 102 valence electrons. The lowest BCUT2D eigenvalue weighted by molar-refractivity contribution is 0.0727. The van der Waals surface area contributed by atoms with E-state index in [9.17, 15) is 9.59 Å². The van der Waals surface area contributed by atoms with E-state index in [1.807, 2.05) is 4.90 Å². The monoisotopic (exact) mass is 261 g/mol. The van der Waals surface area contributed by atoms with E-state index in [1.165, 1.54) is 18.7 Å². The Morgan fingerprint density at radius 1 is 1.37 bits per heavy atom. The van der Waals surface area contributed by atoms with E-state index in [1.54, 1.807) is 6.20 Å². The molecular formula is C14H19N3O2. The lowest BCUT2D eigenvalue weighted by atomic mass is 10.2. The van der Waals surface area contributed by atoms with Crippen LogP contribution in [-0.2, 0) is 0 Å². The van der Waals surface area contributed by atoms with Crippen molar-refractivity contribution in [1.29, 1.82) is 0 Å². The van der Waals surface area contributed by atoms with Gasteiger partial charge in [-0.3, -0.25) is 9.59 Å². The number of hydrogen-bond donors (Lipinski definition) is 2. The Morgan fingerprint density at radius 3 is 2.84 bits per heavy atom. The Hall–Kier alpha value is -1.62. The van der Waals surface area contributed by atoms with Crippen LogP contribution in [0.4, 0.5) is 0 Å². The summed E-state index contributed by atoms with van der Waals surface area (Å²) in [7, 11) is 0. The van der Waals surface area contributed by atoms with Crippen LogP contribution in [0, 0.1) is 0 Å². The number of aromatic amines is 1. The fraction of sp³-hybridized carbons (Fsp3) is 0.571. The van der Waals surface area contributed by atoms with E-state index >= 15 is 0 Å². The number of nitrogens with zero attached hydrogens (tertiary/aromatic N) is 1. The van der Waals surface area contributed by atoms with E-state index in [0.29, 0.717) is 12.1 Å². The van der Waals surface area contributed by atoms with Gasteiger partial charge in [-0.25, -0.2) is 0 Å². The smallest absolute Gasteiger partial charge is 0.259 e. The molecular weight excluding hydrogens is 242 g/mol. The van der Waals surface area contributed by atoms with Crippen molar-refractivity contribution in [2.45, 2.75) is 37.8 Å². The van der Waals surface area contributed by atoms with Crippen molar-refractivity contribution in [3.8, 4) is 0 Å². The lowest BCUT2D eigenvalue weighted by Gasteiger charge is -2.25. The van der Waals surface area contributed by atoms with Gasteiger partial charge in [-0.05, 0) is 32.2 Å². The Balaban J connectivity index is 1.78. The molecule has 5 nitrogen and oxygen atoms in total. The first kappa shape index (κ1) is 12.4. The van der Waals surface area contributed by atoms with Crippen LogP contribution < -0.4 is 10.7 Å². The zero-order valence-corrected chi connectivity index (χ0v) is 10.9. The first-order valence-corrected chi connectivity index (χ1v) is 6.97. The Labute approximate surface area is 112 Å². The Bertz CT molecular complexity index is 515. The molecule has 2 heterocycles. The molecule has 0 aromatic carbocycles. The molecule has 0 bridgehead atoms. The van der Waals surface area contributed by atoms with Gasteiger partial charge in [0, 0.05) is 37.1 Å². The summed E-state index contributed by atoms with van der Waals surface area (Å²) in [5.74, 6) is -0.127. The molecule has 1 aliphatic carbocycles. The van der Waals surface area contributed by atoms with E-state index in [4.69, 9.17) is 0 Å². The molecule has 0 spiro atoms. The van der Waals surface area contributed by atoms with Gasteiger partial charge >= 0.3 is 0 Å². The lowest BCUT2D eigenvalue weighted by Crippen LogP contribution is -2.43. The number of aromatic nitrogens is 1. The maximum atomic E-state index is 12.5. The van der Waals surface area contributed by atoms with Crippen LogP contribution in [0.25, 0.3) is 0 Å². The predicted octanol–water partition coefficient (Wildman–Crippen LogP) is 0.731. The SMILES string of the molecule is O=C(c1c[nH]ccc1=O)N(CC1CCCN1)C1CC1. The van der Waals surface area contributed by atoms with Gasteiger partial charge in [-0.15, -0.1) is 0 Å². The number of pyridine rings is 1. The van der Waals surface area contributed by atoms with E-state index in [0.717, 1.165) is 32.4 Å². The van der Waals surface area contributed by atoms with Gasteiger partial charge < -0.3 is 15.2 Å². The molecule has 3 rings (SSSR count). The zero-order valence-electron chi connectivity index (χ0n) is 10.9. The number of carbonyl (C=O) groups is 1. The van der Waals surface area contributed by atoms with Crippen molar-refractivity contribution in [1.82, 2.24) is 15.2 Å². The second-order valence-corrected chi connectivity index (χ2v) is 5.40. The summed E-state index contributed by atoms with van der Waals surface area (Å²) >= 11 is 0. The molecule has 5 heteroatoms. The van der Waals surface area contributed by atoms with Gasteiger partial charge in [0.25, 0.3) is 5.91 Å². The number of amides is 1. The normalized spacial score (nSPS) is 22.4. The fourth-order valence-corrected chi connectivity index (χ4v) is 2.67. The Morgan fingerprint density at radius 2 is 2.21 bits per heavy atom. The van der Waals surface area contributed by atoms with Crippen LogP contribution in [0.1, 0.15) is 36.0 Å². The first-order valence-electron chi connectivity index (χ1n) is 6.97. The first-order chi connectivity index (χ1) is 9.25. The van der Waals surface area contributed by atoms with Crippen LogP contribution in [-0.4, -0.2) is 41.0 Å². The summed E-state index contributed by atoms with van der Waals surface area (Å²) in [5, 5.41) is 3.41. The van der Waals surface area contributed by atoms with Crippen molar-refractivity contribution in [2.75, 3.05) is 13.1 Å². The van der Waals surface area contributed by atoms with E-state index in [2.05, 4.69) is 10.3 Å². The summed E-state index contributed by atoms with van der Waals surface area (Å²) < 4.78 is 0. The number of hydrogen-bond acceptors (Lipinski definition) is 3. The molecule has 1 amide bonds. The maximum Gasteiger partial charge on any atom is 0.259 e. The van der Waals surface area contributed by atoms with Crippen molar-refractivity contribution in [3.05, 3.63) is 34.2 Å². The number of H-pyrrole nitrogens is 1. The molecule has 1 saturated carbocycles. The summed E-state index contributed by atoms with van der Waals surface area (Å²) in [4.78, 5) is 29.0. The van der Waals surface area contributed by atoms with Gasteiger partial charge in [-0.1, -0.05) is 0 Å². The minimum atomic E-state index is -0.200. The standard InChI is InChI=1S/C14H19N3O2/c18-13-5-7-15-8-12(13)14(19)17(11-3-4-11)9-10-2-1-6-16-10/h5,7-8,10-11,16H,1-4,6,9H2,(H,15,18). The molecule has 2 N–H and O–H groups in total. The van der Waals surface area contributed by atoms with E-state index in [-0.39, 0.29) is 16.9 Å². The van der Waals surface area contributed by atoms with Gasteiger partial charge in [-0.2, -0.15) is 0 Å². The average molecular weight is 261 g/mol. The third kappa shape index (κ3) is 2.71. The van der Waals surface area contributed by atoms with Crippen LogP contribution in [0.5, 0.6) is 0 Å². The van der Waals surface area contributed by atoms with Crippen LogP contribution >= 0.6 is 0 Å². The van der Waals surface area contributed by atoms with Crippen molar-refractivity contribution in [3.63, 3.8) is 0 Å². The molecule has 2 aliphatic rings. The highest BCUT2D eigenvalue weighted by Crippen LogP contribution is 2.28. The van der Waals surface area contributed by atoms with Crippen molar-refractivity contribution >= 4 is 5.91 Å². The van der Waals surface area contributed by atoms with E-state index < -0.39 is 0 Å². The summed E-state index contributed by atoms with van der Waals surface area (Å²) in [6, 6.07) is 2.12. The van der Waals surface area contributed by atoms with Gasteiger partial charge in [0.2, 0.25) is 0 Å². The molecule has 1 atom stereocenters. The predicted molar refractivity (Wildman–Crippen MR) is 72.1 cm³/mol. The molecule has 1 aromatic rings. The van der Waals surface area contributed by atoms with Gasteiger partial charge in [0.05, 0.1) is 0 Å². The van der Waals surface area contributed by atoms with Crippen molar-refractivity contribution in [2.24, 2.45) is 0 Å². The molecule has 1 saturated heterocycles. The average Bonchev–Trinajstić information content (AvgIpc) is 3.13. The van der Waals surface area contributed by atoms with Crippen LogP contribution in [0.15, 0.2) is 23.3 Å². The summed E-state index contributed by atoms with van der Waals surface area (Å²) in [6.07, 6.45) is 7.47. The topological polar surface area (TPSA) is 65.2 Å². The molecule has 1 unspecified atom stereocenters. The fourth-order valence-electron chi connectivity index (χ4n) is 2.67. The number of nitrogens with one attached hydrogen (secondary N) is 2. The van der Waals surface area contributed by atoms with Crippen molar-refractivity contribution < 1.29 is 4.79 Å². The van der Waals surface area contributed by atoms with Crippen LogP contribution in [0.3, 0.4) is 0 Å². The highest BCUT2D eigenvalue weighted by atomic mass is 16.2. The second-order valence-electron chi connectivity index (χ2n) is 5.40. The Kier molecular flexibility index (Phi) is 3.38. The molecule has 1 aromatic heterocycles. The zero-order chi connectivity index (χ0) is 13.2. The molecule has 2 fully saturated rings. The quantitative estimate of drug-likeness (QED) is 0.840. The largest absolute Gasteiger partial charge is 0.367 e. The third-order valence-corrected chi connectivity index (χ3v) is 3.88. The highest BCUT2D eigenvalue weighted by Gasteiger charge is 2.35. The summed E-state index contributed by atoms with van der Waals surface area (Å²) in [5.41, 5.74) is 0.0566. The second kappa shape index (κ2) is 5.17. The molecule has 19 heavy (non-hydrogen) atoms. The van der Waals surface area contributed by atoms with Gasteiger partial charge in [0.1, 0.15) is 5.56 Å². The van der Waals surface area contributed by atoms with Crippen LogP contribution in [0.2, 0.25) is 0 Å². The summed E-state index contributed by atoms with van der Waals surface area (Å²) in [6.45, 7) is 1.75. The minimum Gasteiger partial charge on any atom is -0.367 e. The number of rotatable bonds is 4. The minimum absolute atomic E-state index is 0.127. The number of carbonyl (C=O) groups excluding carboxylic acids is 1. The third-order valence-electron chi connectivity index (χ3n) is 3.88.